The van der Waals surface area contributed by atoms with Gasteiger partial charge in [-0.1, -0.05) is 39.8 Å². The molecule has 0 radical (unpaired) electrons. The molecule has 0 heterocycles. The molecule has 0 bridgehead atoms. The van der Waals surface area contributed by atoms with Crippen LogP contribution in [0.3, 0.4) is 0 Å². The van der Waals surface area contributed by atoms with Crippen molar-refractivity contribution in [2.45, 2.75) is 59.3 Å². The average molecular weight is 812 g/mol. The van der Waals surface area contributed by atoms with E-state index in [9.17, 15) is 15.3 Å². The van der Waals surface area contributed by atoms with Gasteiger partial charge in [-0.15, -0.1) is 0 Å². The molecule has 0 aromatic heterocycles. The molecule has 0 amide bonds. The Bertz CT molecular complexity index is 1630. The van der Waals surface area contributed by atoms with E-state index >= 15 is 0 Å². The number of benzene rings is 4. The number of aromatic hydroxyl groups is 3. The number of rotatable bonds is 6. The SMILES string of the molecule is Cc1cc(Oc2cc(C(C)(C)c3cc(Br)c(O)c(Br)c3)c(Br)c(O)c2C)ccc1C(C)(C)c1cc(C)c(O)c(Br)c1. The third-order valence-electron chi connectivity index (χ3n) is 7.93. The van der Waals surface area contributed by atoms with Crippen LogP contribution < -0.4 is 4.74 Å². The molecule has 0 saturated heterocycles. The number of hydrogen-bond donors (Lipinski definition) is 3. The number of hydrogen-bond acceptors (Lipinski definition) is 4. The number of halogens is 4. The van der Waals surface area contributed by atoms with Gasteiger partial charge in [0.25, 0.3) is 0 Å². The van der Waals surface area contributed by atoms with Gasteiger partial charge in [0.1, 0.15) is 28.7 Å². The van der Waals surface area contributed by atoms with Crippen molar-refractivity contribution in [3.05, 3.63) is 105 Å². The number of phenolic OH excluding ortho intramolecular Hbond substituents is 3. The first-order valence-corrected chi connectivity index (χ1v) is 16.1. The van der Waals surface area contributed by atoms with E-state index in [1.165, 1.54) is 0 Å². The Labute approximate surface area is 275 Å². The van der Waals surface area contributed by atoms with Crippen molar-refractivity contribution in [1.29, 1.82) is 0 Å². The van der Waals surface area contributed by atoms with Crippen LogP contribution in [0.15, 0.2) is 66.4 Å². The van der Waals surface area contributed by atoms with Crippen molar-refractivity contribution in [3.63, 3.8) is 0 Å². The van der Waals surface area contributed by atoms with Crippen LogP contribution in [0.25, 0.3) is 0 Å². The van der Waals surface area contributed by atoms with Crippen LogP contribution in [-0.4, -0.2) is 15.3 Å². The van der Waals surface area contributed by atoms with Crippen molar-refractivity contribution in [2.75, 3.05) is 0 Å². The first-order valence-electron chi connectivity index (χ1n) is 13.0. The highest BCUT2D eigenvalue weighted by molar-refractivity contribution is 9.11. The Morgan fingerprint density at radius 1 is 0.585 bits per heavy atom. The maximum atomic E-state index is 11.1. The molecule has 0 saturated carbocycles. The fourth-order valence-corrected chi connectivity index (χ4v) is 7.79. The number of phenols is 3. The molecule has 0 aliphatic rings. The molecule has 4 aromatic carbocycles. The third-order valence-corrected chi connectivity index (χ3v) is 10.5. The Morgan fingerprint density at radius 2 is 1.10 bits per heavy atom. The second kappa shape index (κ2) is 11.6. The zero-order valence-corrected chi connectivity index (χ0v) is 30.2. The summed E-state index contributed by atoms with van der Waals surface area (Å²) in [5.74, 6) is 1.72. The maximum absolute atomic E-state index is 11.1. The molecule has 0 aliphatic carbocycles. The summed E-state index contributed by atoms with van der Waals surface area (Å²) < 4.78 is 8.83. The average Bonchev–Trinajstić information content (AvgIpc) is 2.89. The van der Waals surface area contributed by atoms with E-state index in [0.29, 0.717) is 35.0 Å². The lowest BCUT2D eigenvalue weighted by Gasteiger charge is -2.30. The summed E-state index contributed by atoms with van der Waals surface area (Å²) in [4.78, 5) is 0. The molecule has 4 nitrogen and oxygen atoms in total. The minimum Gasteiger partial charge on any atom is -0.506 e. The lowest BCUT2D eigenvalue weighted by atomic mass is 9.76. The van der Waals surface area contributed by atoms with Gasteiger partial charge in [-0.2, -0.15) is 0 Å². The van der Waals surface area contributed by atoms with Gasteiger partial charge in [0.05, 0.1) is 17.9 Å². The molecule has 0 fully saturated rings. The van der Waals surface area contributed by atoms with Crippen LogP contribution in [-0.2, 0) is 10.8 Å². The largest absolute Gasteiger partial charge is 0.506 e. The van der Waals surface area contributed by atoms with Gasteiger partial charge in [-0.3, -0.25) is 0 Å². The van der Waals surface area contributed by atoms with E-state index in [1.807, 2.05) is 56.3 Å². The highest BCUT2D eigenvalue weighted by Crippen LogP contribution is 2.48. The van der Waals surface area contributed by atoms with Gasteiger partial charge >= 0.3 is 0 Å². The molecule has 3 N–H and O–H groups in total. The smallest absolute Gasteiger partial charge is 0.143 e. The quantitative estimate of drug-likeness (QED) is 0.181. The zero-order chi connectivity index (χ0) is 30.6. The topological polar surface area (TPSA) is 69.9 Å². The fraction of sp³-hybridized carbons (Fsp3) is 0.273. The molecular formula is C33H32Br4O4. The highest BCUT2D eigenvalue weighted by atomic mass is 79.9. The summed E-state index contributed by atoms with van der Waals surface area (Å²) in [6.45, 7) is 14.2. The van der Waals surface area contributed by atoms with E-state index in [-0.39, 0.29) is 22.7 Å². The predicted molar refractivity (Wildman–Crippen MR) is 180 cm³/mol. The summed E-state index contributed by atoms with van der Waals surface area (Å²) in [5.41, 5.74) is 5.62. The van der Waals surface area contributed by atoms with Gasteiger partial charge in [0.15, 0.2) is 0 Å². The summed E-state index contributed by atoms with van der Waals surface area (Å²) >= 11 is 14.0. The second-order valence-electron chi connectivity index (χ2n) is 11.5. The van der Waals surface area contributed by atoms with Gasteiger partial charge in [0, 0.05) is 16.4 Å². The Morgan fingerprint density at radius 3 is 1.63 bits per heavy atom. The van der Waals surface area contributed by atoms with Gasteiger partial charge < -0.3 is 20.1 Å². The van der Waals surface area contributed by atoms with Crippen LogP contribution in [0.2, 0.25) is 0 Å². The first kappa shape index (κ1) is 31.9. The number of ether oxygens (including phenoxy) is 1. The minimum atomic E-state index is -0.554. The zero-order valence-electron chi connectivity index (χ0n) is 23.9. The molecule has 0 aliphatic heterocycles. The van der Waals surface area contributed by atoms with Crippen LogP contribution in [0.5, 0.6) is 28.7 Å². The molecule has 4 aromatic rings. The van der Waals surface area contributed by atoms with Crippen LogP contribution in [0.4, 0.5) is 0 Å². The second-order valence-corrected chi connectivity index (χ2v) is 14.8. The molecule has 216 valence electrons. The molecule has 8 heteroatoms. The van der Waals surface area contributed by atoms with Gasteiger partial charge in [0.2, 0.25) is 0 Å². The van der Waals surface area contributed by atoms with Gasteiger partial charge in [-0.25, -0.2) is 0 Å². The van der Waals surface area contributed by atoms with E-state index < -0.39 is 5.41 Å². The highest BCUT2D eigenvalue weighted by Gasteiger charge is 2.31. The lowest BCUT2D eigenvalue weighted by molar-refractivity contribution is 0.440. The van der Waals surface area contributed by atoms with Crippen molar-refractivity contribution < 1.29 is 20.1 Å². The normalized spacial score (nSPS) is 12.1. The van der Waals surface area contributed by atoms with Crippen LogP contribution in [0.1, 0.15) is 66.6 Å². The van der Waals surface area contributed by atoms with E-state index in [1.54, 1.807) is 0 Å². The Balaban J connectivity index is 1.74. The monoisotopic (exact) mass is 808 g/mol. The molecule has 0 unspecified atom stereocenters. The molecule has 4 rings (SSSR count). The predicted octanol–water partition coefficient (Wildman–Crippen LogP) is 11.2. The minimum absolute atomic E-state index is 0.116. The molecule has 0 atom stereocenters. The summed E-state index contributed by atoms with van der Waals surface area (Å²) in [5, 5.41) is 31.6. The number of aryl methyl sites for hydroxylation is 2. The summed E-state index contributed by atoms with van der Waals surface area (Å²) in [6.07, 6.45) is 0. The van der Waals surface area contributed by atoms with Crippen molar-refractivity contribution in [3.8, 4) is 28.7 Å². The lowest BCUT2D eigenvalue weighted by Crippen LogP contribution is -2.20. The van der Waals surface area contributed by atoms with Crippen molar-refractivity contribution >= 4 is 63.7 Å². The summed E-state index contributed by atoms with van der Waals surface area (Å²) in [7, 11) is 0. The third kappa shape index (κ3) is 5.95. The first-order chi connectivity index (χ1) is 19.0. The standard InChI is InChI=1S/C33H32Br4O4/c1-16-11-21(8-9-22(16)32(4,5)19-10-17(2)29(38)24(34)12-19)41-27-15-23(28(37)30(39)18(27)3)33(6,7)20-13-25(35)31(40)26(36)14-20/h8-15,38-40H,1-7H3. The van der Waals surface area contributed by atoms with Crippen molar-refractivity contribution in [1.82, 2.24) is 0 Å². The van der Waals surface area contributed by atoms with Crippen LogP contribution >= 0.6 is 63.7 Å². The maximum Gasteiger partial charge on any atom is 0.143 e. The molecular weight excluding hydrogens is 780 g/mol. The Kier molecular flexibility index (Phi) is 9.02. The molecule has 0 spiro atoms. The summed E-state index contributed by atoms with van der Waals surface area (Å²) in [6, 6.07) is 15.7. The van der Waals surface area contributed by atoms with E-state index in [4.69, 9.17) is 4.74 Å². The van der Waals surface area contributed by atoms with Crippen molar-refractivity contribution in [2.24, 2.45) is 0 Å². The fourth-order valence-electron chi connectivity index (χ4n) is 5.13. The van der Waals surface area contributed by atoms with Crippen LogP contribution in [0, 0.1) is 20.8 Å². The molecule has 41 heavy (non-hydrogen) atoms. The van der Waals surface area contributed by atoms with Gasteiger partial charge in [-0.05, 0) is 154 Å². The Hall–Kier alpha value is -2.00. The van der Waals surface area contributed by atoms with E-state index in [2.05, 4.69) is 104 Å². The van der Waals surface area contributed by atoms with E-state index in [0.717, 1.165) is 33.4 Å².